The van der Waals surface area contributed by atoms with Gasteiger partial charge in [-0.15, -0.1) is 0 Å². The van der Waals surface area contributed by atoms with Crippen molar-refractivity contribution in [2.24, 2.45) is 5.41 Å². The molecule has 1 rings (SSSR count). The highest BCUT2D eigenvalue weighted by molar-refractivity contribution is 9.09. The Labute approximate surface area is 122 Å². The SMILES string of the molecule is CCC(CC)(CBr)CNC(=O)c1c(O)cccc1O. The second kappa shape index (κ2) is 6.80. The number of rotatable bonds is 6. The Kier molecular flexibility index (Phi) is 5.66. The number of halogens is 1. The van der Waals surface area contributed by atoms with Crippen LogP contribution in [-0.2, 0) is 0 Å². The van der Waals surface area contributed by atoms with E-state index in [-0.39, 0.29) is 22.5 Å². The molecule has 0 heterocycles. The van der Waals surface area contributed by atoms with Crippen LogP contribution in [0.15, 0.2) is 18.2 Å². The lowest BCUT2D eigenvalue weighted by Crippen LogP contribution is -2.38. The molecule has 1 aromatic rings. The summed E-state index contributed by atoms with van der Waals surface area (Å²) in [6.07, 6.45) is 1.86. The lowest BCUT2D eigenvalue weighted by atomic mass is 9.84. The maximum absolute atomic E-state index is 12.0. The Hall–Kier alpha value is -1.23. The average Bonchev–Trinajstić information content (AvgIpc) is 2.41. The van der Waals surface area contributed by atoms with Gasteiger partial charge in [0.15, 0.2) is 0 Å². The minimum Gasteiger partial charge on any atom is -0.507 e. The molecule has 0 aliphatic carbocycles. The normalized spacial score (nSPS) is 11.3. The van der Waals surface area contributed by atoms with Crippen molar-refractivity contribution in [1.82, 2.24) is 5.32 Å². The number of benzene rings is 1. The number of alkyl halides is 1. The number of amides is 1. The first-order valence-corrected chi connectivity index (χ1v) is 7.47. The quantitative estimate of drug-likeness (QED) is 0.702. The minimum absolute atomic E-state index is 0.00429. The highest BCUT2D eigenvalue weighted by atomic mass is 79.9. The maximum Gasteiger partial charge on any atom is 0.258 e. The zero-order valence-corrected chi connectivity index (χ0v) is 12.8. The summed E-state index contributed by atoms with van der Waals surface area (Å²) in [5, 5.41) is 22.8. The van der Waals surface area contributed by atoms with E-state index in [1.54, 1.807) is 0 Å². The predicted molar refractivity (Wildman–Crippen MR) is 78.9 cm³/mol. The van der Waals surface area contributed by atoms with Crippen molar-refractivity contribution in [2.45, 2.75) is 26.7 Å². The smallest absolute Gasteiger partial charge is 0.258 e. The van der Waals surface area contributed by atoms with E-state index in [2.05, 4.69) is 35.1 Å². The van der Waals surface area contributed by atoms with Gasteiger partial charge in [-0.25, -0.2) is 0 Å². The van der Waals surface area contributed by atoms with Crippen molar-refractivity contribution in [3.63, 3.8) is 0 Å². The molecule has 0 radical (unpaired) electrons. The molecule has 0 aromatic heterocycles. The van der Waals surface area contributed by atoms with Crippen molar-refractivity contribution in [2.75, 3.05) is 11.9 Å². The van der Waals surface area contributed by atoms with Crippen LogP contribution >= 0.6 is 15.9 Å². The zero-order valence-electron chi connectivity index (χ0n) is 11.2. The first-order valence-electron chi connectivity index (χ1n) is 6.34. The average molecular weight is 330 g/mol. The Morgan fingerprint density at radius 3 is 2.21 bits per heavy atom. The van der Waals surface area contributed by atoms with Crippen LogP contribution in [0.25, 0.3) is 0 Å². The molecule has 0 saturated carbocycles. The number of carbonyl (C=O) groups excluding carboxylic acids is 1. The number of aromatic hydroxyl groups is 2. The second-order valence-electron chi connectivity index (χ2n) is 4.69. The van der Waals surface area contributed by atoms with Crippen LogP contribution in [-0.4, -0.2) is 28.0 Å². The second-order valence-corrected chi connectivity index (χ2v) is 5.26. The molecule has 0 unspecified atom stereocenters. The van der Waals surface area contributed by atoms with Gasteiger partial charge in [-0.05, 0) is 30.4 Å². The Morgan fingerprint density at radius 1 is 1.26 bits per heavy atom. The third kappa shape index (κ3) is 3.62. The monoisotopic (exact) mass is 329 g/mol. The number of hydrogen-bond donors (Lipinski definition) is 3. The summed E-state index contributed by atoms with van der Waals surface area (Å²) >= 11 is 3.48. The van der Waals surface area contributed by atoms with Gasteiger partial charge in [0, 0.05) is 11.9 Å². The Bertz CT molecular complexity index is 416. The minimum atomic E-state index is -0.456. The molecule has 0 spiro atoms. The van der Waals surface area contributed by atoms with Gasteiger partial charge in [0.25, 0.3) is 5.91 Å². The summed E-state index contributed by atoms with van der Waals surface area (Å²) in [6, 6.07) is 4.25. The van der Waals surface area contributed by atoms with E-state index in [4.69, 9.17) is 0 Å². The van der Waals surface area contributed by atoms with Gasteiger partial charge in [0.1, 0.15) is 17.1 Å². The van der Waals surface area contributed by atoms with Gasteiger partial charge in [0.05, 0.1) is 0 Å². The highest BCUT2D eigenvalue weighted by Crippen LogP contribution is 2.29. The summed E-state index contributed by atoms with van der Waals surface area (Å²) in [6.45, 7) is 4.65. The predicted octanol–water partition coefficient (Wildman–Crippen LogP) is 3.03. The van der Waals surface area contributed by atoms with Crippen molar-refractivity contribution >= 4 is 21.8 Å². The summed E-state index contributed by atoms with van der Waals surface area (Å²) in [7, 11) is 0. The molecule has 0 aliphatic heterocycles. The molecule has 0 fully saturated rings. The third-order valence-electron chi connectivity index (χ3n) is 3.65. The third-order valence-corrected chi connectivity index (χ3v) is 4.84. The fraction of sp³-hybridized carbons (Fsp3) is 0.500. The number of hydrogen-bond acceptors (Lipinski definition) is 3. The van der Waals surface area contributed by atoms with Crippen LogP contribution in [0.3, 0.4) is 0 Å². The fourth-order valence-electron chi connectivity index (χ4n) is 1.85. The summed E-state index contributed by atoms with van der Waals surface area (Å²) < 4.78 is 0. The molecule has 3 N–H and O–H groups in total. The molecule has 0 atom stereocenters. The zero-order chi connectivity index (χ0) is 14.5. The molecule has 0 bridgehead atoms. The van der Waals surface area contributed by atoms with Crippen LogP contribution in [0.5, 0.6) is 11.5 Å². The molecule has 1 amide bonds. The molecule has 5 heteroatoms. The van der Waals surface area contributed by atoms with E-state index in [9.17, 15) is 15.0 Å². The number of phenolic OH excluding ortho intramolecular Hbond substituents is 2. The fourth-order valence-corrected chi connectivity index (χ4v) is 2.84. The van der Waals surface area contributed by atoms with E-state index in [1.165, 1.54) is 18.2 Å². The Morgan fingerprint density at radius 2 is 1.79 bits per heavy atom. The van der Waals surface area contributed by atoms with Crippen LogP contribution in [0.2, 0.25) is 0 Å². The van der Waals surface area contributed by atoms with Gasteiger partial charge < -0.3 is 15.5 Å². The van der Waals surface area contributed by atoms with Crippen molar-refractivity contribution in [3.8, 4) is 11.5 Å². The Balaban J connectivity index is 2.81. The largest absolute Gasteiger partial charge is 0.507 e. The van der Waals surface area contributed by atoms with Crippen LogP contribution < -0.4 is 5.32 Å². The number of nitrogens with one attached hydrogen (secondary N) is 1. The van der Waals surface area contributed by atoms with Crippen LogP contribution in [0.1, 0.15) is 37.0 Å². The van der Waals surface area contributed by atoms with Gasteiger partial charge in [-0.3, -0.25) is 4.79 Å². The van der Waals surface area contributed by atoms with Crippen LogP contribution in [0, 0.1) is 5.41 Å². The van der Waals surface area contributed by atoms with Gasteiger partial charge >= 0.3 is 0 Å². The topological polar surface area (TPSA) is 69.6 Å². The molecule has 19 heavy (non-hydrogen) atoms. The van der Waals surface area contributed by atoms with E-state index >= 15 is 0 Å². The summed E-state index contributed by atoms with van der Waals surface area (Å²) in [5.74, 6) is -0.882. The maximum atomic E-state index is 12.0. The number of phenols is 2. The molecule has 4 nitrogen and oxygen atoms in total. The van der Waals surface area contributed by atoms with E-state index in [1.807, 2.05) is 0 Å². The highest BCUT2D eigenvalue weighted by Gasteiger charge is 2.26. The summed E-state index contributed by atoms with van der Waals surface area (Å²) in [5.41, 5.74) is -0.0754. The van der Waals surface area contributed by atoms with Crippen LogP contribution in [0.4, 0.5) is 0 Å². The molecular weight excluding hydrogens is 310 g/mol. The van der Waals surface area contributed by atoms with E-state index in [0.29, 0.717) is 6.54 Å². The van der Waals surface area contributed by atoms with Crippen molar-refractivity contribution in [1.29, 1.82) is 0 Å². The van der Waals surface area contributed by atoms with Gasteiger partial charge in [-0.2, -0.15) is 0 Å². The first kappa shape index (κ1) is 15.8. The molecule has 0 saturated heterocycles. The molecule has 106 valence electrons. The van der Waals surface area contributed by atoms with Gasteiger partial charge in [0.2, 0.25) is 0 Å². The van der Waals surface area contributed by atoms with E-state index in [0.717, 1.165) is 18.2 Å². The van der Waals surface area contributed by atoms with E-state index < -0.39 is 5.91 Å². The lowest BCUT2D eigenvalue weighted by Gasteiger charge is -2.29. The lowest BCUT2D eigenvalue weighted by molar-refractivity contribution is 0.0927. The molecule has 1 aromatic carbocycles. The van der Waals surface area contributed by atoms with Crippen molar-refractivity contribution < 1.29 is 15.0 Å². The molecule has 0 aliphatic rings. The summed E-state index contributed by atoms with van der Waals surface area (Å²) in [4.78, 5) is 12.0. The van der Waals surface area contributed by atoms with Gasteiger partial charge in [-0.1, -0.05) is 35.8 Å². The standard InChI is InChI=1S/C14H20BrNO3/c1-3-14(4-2,8-15)9-16-13(19)12-10(17)6-5-7-11(12)18/h5-7,17-18H,3-4,8-9H2,1-2H3,(H,16,19). The first-order chi connectivity index (χ1) is 8.99. The number of carbonyl (C=O) groups is 1. The van der Waals surface area contributed by atoms with Crippen molar-refractivity contribution in [3.05, 3.63) is 23.8 Å². The molecular formula is C14H20BrNO3.